The first kappa shape index (κ1) is 14.3. The third kappa shape index (κ3) is 3.69. The molecule has 2 heterocycles. The van der Waals surface area contributed by atoms with Crippen LogP contribution >= 0.6 is 15.9 Å². The first-order chi connectivity index (χ1) is 9.22. The Labute approximate surface area is 122 Å². The predicted octanol–water partition coefficient (Wildman–Crippen LogP) is 3.29. The summed E-state index contributed by atoms with van der Waals surface area (Å²) in [6, 6.07) is 1.85. The fourth-order valence-electron chi connectivity index (χ4n) is 2.42. The normalized spacial score (nSPS) is 16.6. The van der Waals surface area contributed by atoms with Crippen LogP contribution in [0.25, 0.3) is 0 Å². The van der Waals surface area contributed by atoms with Gasteiger partial charge in [0.05, 0.1) is 5.56 Å². The Morgan fingerprint density at radius 1 is 1.26 bits per heavy atom. The zero-order chi connectivity index (χ0) is 13.7. The van der Waals surface area contributed by atoms with Crippen molar-refractivity contribution in [1.29, 1.82) is 0 Å². The Balaban J connectivity index is 2.19. The summed E-state index contributed by atoms with van der Waals surface area (Å²) in [4.78, 5) is 18.8. The molecule has 5 heteroatoms. The molecule has 0 saturated carbocycles. The average molecular weight is 326 g/mol. The van der Waals surface area contributed by atoms with Crippen LogP contribution in [-0.2, 0) is 0 Å². The first-order valence-electron chi connectivity index (χ1n) is 6.85. The topological polar surface area (TPSA) is 45.2 Å². The number of amides is 1. The smallest absolute Gasteiger partial charge is 0.257 e. The van der Waals surface area contributed by atoms with Gasteiger partial charge in [0.15, 0.2) is 0 Å². The lowest BCUT2D eigenvalue weighted by Crippen LogP contribution is -2.34. The summed E-state index contributed by atoms with van der Waals surface area (Å²) in [6.07, 6.45) is 7.64. The number of hydrogen-bond donors (Lipinski definition) is 1. The second kappa shape index (κ2) is 6.89. The van der Waals surface area contributed by atoms with Crippen LogP contribution in [0.4, 0.5) is 5.82 Å². The predicted molar refractivity (Wildman–Crippen MR) is 80.5 cm³/mol. The molecule has 1 fully saturated rings. The number of nitrogens with zero attached hydrogens (tertiary/aromatic N) is 2. The Bertz CT molecular complexity index is 442. The number of hydrogen-bond acceptors (Lipinski definition) is 3. The van der Waals surface area contributed by atoms with Crippen LogP contribution in [0, 0.1) is 0 Å². The van der Waals surface area contributed by atoms with Crippen molar-refractivity contribution in [2.75, 3.05) is 25.5 Å². The minimum absolute atomic E-state index is 0.0834. The number of carbonyl (C=O) groups excluding carboxylic acids is 1. The van der Waals surface area contributed by atoms with Crippen LogP contribution in [0.2, 0.25) is 0 Å². The highest BCUT2D eigenvalue weighted by Gasteiger charge is 2.20. The molecule has 1 aromatic heterocycles. The van der Waals surface area contributed by atoms with Crippen LogP contribution in [0.5, 0.6) is 0 Å². The Morgan fingerprint density at radius 3 is 2.53 bits per heavy atom. The van der Waals surface area contributed by atoms with E-state index in [0.29, 0.717) is 11.4 Å². The van der Waals surface area contributed by atoms with E-state index in [2.05, 4.69) is 26.2 Å². The van der Waals surface area contributed by atoms with Crippen molar-refractivity contribution in [2.24, 2.45) is 0 Å². The molecular weight excluding hydrogens is 306 g/mol. The molecule has 1 aromatic rings. The van der Waals surface area contributed by atoms with Crippen LogP contribution in [0.3, 0.4) is 0 Å². The van der Waals surface area contributed by atoms with Gasteiger partial charge in [-0.15, -0.1) is 0 Å². The van der Waals surface area contributed by atoms with E-state index < -0.39 is 0 Å². The van der Waals surface area contributed by atoms with Gasteiger partial charge in [0.1, 0.15) is 5.82 Å². The highest BCUT2D eigenvalue weighted by atomic mass is 79.9. The number of carbonyl (C=O) groups is 1. The number of likely N-dealkylation sites (tertiary alicyclic amines) is 1. The molecule has 1 aliphatic rings. The lowest BCUT2D eigenvalue weighted by molar-refractivity contribution is 0.0743. The minimum atomic E-state index is 0.0834. The lowest BCUT2D eigenvalue weighted by Gasteiger charge is -2.25. The number of halogens is 1. The molecule has 0 aromatic carbocycles. The van der Waals surface area contributed by atoms with Crippen molar-refractivity contribution in [3.05, 3.63) is 22.3 Å². The number of rotatable bonds is 2. The molecule has 0 bridgehead atoms. The summed E-state index contributed by atoms with van der Waals surface area (Å²) >= 11 is 3.38. The standard InChI is InChI=1S/C14H20BrN3O/c1-16-13-12(9-11(15)10-17-13)14(19)18-7-5-3-2-4-6-8-18/h9-10H,2-8H2,1H3,(H,16,17). The summed E-state index contributed by atoms with van der Waals surface area (Å²) in [5, 5.41) is 2.99. The van der Waals surface area contributed by atoms with Crippen LogP contribution in [0.1, 0.15) is 42.5 Å². The van der Waals surface area contributed by atoms with Crippen LogP contribution in [-0.4, -0.2) is 35.9 Å². The molecule has 0 unspecified atom stereocenters. The molecule has 1 aliphatic heterocycles. The number of anilines is 1. The molecule has 19 heavy (non-hydrogen) atoms. The molecular formula is C14H20BrN3O. The van der Waals surface area contributed by atoms with Gasteiger partial charge in [-0.1, -0.05) is 19.3 Å². The van der Waals surface area contributed by atoms with Crippen molar-refractivity contribution in [3.8, 4) is 0 Å². The fourth-order valence-corrected chi connectivity index (χ4v) is 2.75. The van der Waals surface area contributed by atoms with Crippen molar-refractivity contribution >= 4 is 27.7 Å². The molecule has 0 spiro atoms. The maximum atomic E-state index is 12.6. The van der Waals surface area contributed by atoms with E-state index >= 15 is 0 Å². The maximum Gasteiger partial charge on any atom is 0.257 e. The first-order valence-corrected chi connectivity index (χ1v) is 7.64. The lowest BCUT2D eigenvalue weighted by atomic mass is 10.1. The second-order valence-corrected chi connectivity index (χ2v) is 5.78. The van der Waals surface area contributed by atoms with Gasteiger partial charge in [-0.05, 0) is 34.8 Å². The van der Waals surface area contributed by atoms with E-state index in [0.717, 1.165) is 30.4 Å². The van der Waals surface area contributed by atoms with E-state index in [9.17, 15) is 4.79 Å². The highest BCUT2D eigenvalue weighted by molar-refractivity contribution is 9.10. The molecule has 2 rings (SSSR count). The van der Waals surface area contributed by atoms with E-state index in [1.807, 2.05) is 11.0 Å². The number of pyridine rings is 1. The molecule has 1 saturated heterocycles. The van der Waals surface area contributed by atoms with Crippen LogP contribution in [0.15, 0.2) is 16.7 Å². The van der Waals surface area contributed by atoms with Crippen molar-refractivity contribution in [2.45, 2.75) is 32.1 Å². The zero-order valence-electron chi connectivity index (χ0n) is 11.3. The summed E-state index contributed by atoms with van der Waals surface area (Å²) < 4.78 is 0.835. The molecule has 1 amide bonds. The number of aromatic nitrogens is 1. The van der Waals surface area contributed by atoms with Gasteiger partial charge >= 0.3 is 0 Å². The monoisotopic (exact) mass is 325 g/mol. The molecule has 0 radical (unpaired) electrons. The Kier molecular flexibility index (Phi) is 5.19. The van der Waals surface area contributed by atoms with Crippen LogP contribution < -0.4 is 5.32 Å². The van der Waals surface area contributed by atoms with Crippen molar-refractivity contribution in [3.63, 3.8) is 0 Å². The third-order valence-corrected chi connectivity index (χ3v) is 3.90. The molecule has 104 valence electrons. The van der Waals surface area contributed by atoms with Gasteiger partial charge in [-0.3, -0.25) is 4.79 Å². The molecule has 0 atom stereocenters. The van der Waals surface area contributed by atoms with E-state index in [1.54, 1.807) is 13.2 Å². The van der Waals surface area contributed by atoms with Gasteiger partial charge < -0.3 is 10.2 Å². The zero-order valence-corrected chi connectivity index (χ0v) is 12.9. The summed E-state index contributed by atoms with van der Waals surface area (Å²) in [5.41, 5.74) is 0.650. The van der Waals surface area contributed by atoms with Crippen molar-refractivity contribution < 1.29 is 4.79 Å². The average Bonchev–Trinajstić information content (AvgIpc) is 2.37. The molecule has 0 aliphatic carbocycles. The van der Waals surface area contributed by atoms with E-state index in [1.165, 1.54) is 19.3 Å². The quantitative estimate of drug-likeness (QED) is 0.907. The molecule has 1 N–H and O–H groups in total. The highest BCUT2D eigenvalue weighted by Crippen LogP contribution is 2.21. The fraction of sp³-hybridized carbons (Fsp3) is 0.571. The Hall–Kier alpha value is -1.10. The molecule has 4 nitrogen and oxygen atoms in total. The van der Waals surface area contributed by atoms with E-state index in [4.69, 9.17) is 0 Å². The van der Waals surface area contributed by atoms with Crippen molar-refractivity contribution in [1.82, 2.24) is 9.88 Å². The van der Waals surface area contributed by atoms with Gasteiger partial charge in [0, 0.05) is 30.8 Å². The second-order valence-electron chi connectivity index (χ2n) is 4.86. The summed E-state index contributed by atoms with van der Waals surface area (Å²) in [7, 11) is 1.79. The largest absolute Gasteiger partial charge is 0.372 e. The van der Waals surface area contributed by atoms with Gasteiger partial charge in [0.2, 0.25) is 0 Å². The van der Waals surface area contributed by atoms with Gasteiger partial charge in [-0.2, -0.15) is 0 Å². The SMILES string of the molecule is CNc1ncc(Br)cc1C(=O)N1CCCCCCC1. The van der Waals surface area contributed by atoms with Gasteiger partial charge in [-0.25, -0.2) is 4.98 Å². The maximum absolute atomic E-state index is 12.6. The van der Waals surface area contributed by atoms with E-state index in [-0.39, 0.29) is 5.91 Å². The summed E-state index contributed by atoms with van der Waals surface area (Å²) in [5.74, 6) is 0.732. The van der Waals surface area contributed by atoms with Gasteiger partial charge in [0.25, 0.3) is 5.91 Å². The third-order valence-electron chi connectivity index (χ3n) is 3.46. The summed E-state index contributed by atoms with van der Waals surface area (Å²) in [6.45, 7) is 1.71. The minimum Gasteiger partial charge on any atom is -0.372 e. The number of nitrogens with one attached hydrogen (secondary N) is 1. The Morgan fingerprint density at radius 2 is 1.89 bits per heavy atom.